The first kappa shape index (κ1) is 14.7. The molecule has 0 fully saturated rings. The second-order valence-corrected chi connectivity index (χ2v) is 6.94. The number of benzene rings is 2. The number of hydrogen-bond donors (Lipinski definition) is 1. The van der Waals surface area contributed by atoms with Crippen molar-refractivity contribution in [3.63, 3.8) is 0 Å². The molecular formula is C16H16N2O3S. The lowest BCUT2D eigenvalue weighted by molar-refractivity contribution is 0.561. The molecule has 114 valence electrons. The van der Waals surface area contributed by atoms with E-state index < -0.39 is 10.0 Å². The van der Waals surface area contributed by atoms with Crippen molar-refractivity contribution in [2.45, 2.75) is 25.3 Å². The highest BCUT2D eigenvalue weighted by atomic mass is 32.2. The maximum Gasteiger partial charge on any atom is 0.240 e. The van der Waals surface area contributed by atoms with Gasteiger partial charge in [-0.15, -0.1) is 0 Å². The minimum atomic E-state index is -3.58. The van der Waals surface area contributed by atoms with E-state index in [1.807, 2.05) is 31.2 Å². The van der Waals surface area contributed by atoms with Gasteiger partial charge in [-0.25, -0.2) is 18.1 Å². The summed E-state index contributed by atoms with van der Waals surface area (Å²) in [5.74, 6) is 0.511. The average molecular weight is 316 g/mol. The van der Waals surface area contributed by atoms with Crippen LogP contribution in [0.5, 0.6) is 0 Å². The first-order valence-corrected chi connectivity index (χ1v) is 8.35. The lowest BCUT2D eigenvalue weighted by Crippen LogP contribution is -2.23. The Balaban J connectivity index is 1.82. The van der Waals surface area contributed by atoms with Crippen LogP contribution in [-0.2, 0) is 16.6 Å². The van der Waals surface area contributed by atoms with Crippen LogP contribution in [0.4, 0.5) is 0 Å². The molecular weight excluding hydrogens is 300 g/mol. The zero-order valence-electron chi connectivity index (χ0n) is 12.3. The van der Waals surface area contributed by atoms with Gasteiger partial charge in [0.1, 0.15) is 5.52 Å². The molecule has 0 radical (unpaired) electrons. The second kappa shape index (κ2) is 5.55. The van der Waals surface area contributed by atoms with Crippen molar-refractivity contribution in [3.8, 4) is 0 Å². The minimum Gasteiger partial charge on any atom is -0.441 e. The van der Waals surface area contributed by atoms with Crippen LogP contribution in [-0.4, -0.2) is 13.4 Å². The Morgan fingerprint density at radius 1 is 1.09 bits per heavy atom. The van der Waals surface area contributed by atoms with Gasteiger partial charge in [-0.2, -0.15) is 0 Å². The van der Waals surface area contributed by atoms with Crippen molar-refractivity contribution in [2.75, 3.05) is 0 Å². The number of oxazole rings is 1. The van der Waals surface area contributed by atoms with Crippen LogP contribution in [0.3, 0.4) is 0 Å². The monoisotopic (exact) mass is 316 g/mol. The molecule has 2 aromatic carbocycles. The van der Waals surface area contributed by atoms with Crippen molar-refractivity contribution >= 4 is 21.1 Å². The number of sulfonamides is 1. The van der Waals surface area contributed by atoms with E-state index in [1.165, 1.54) is 12.1 Å². The summed E-state index contributed by atoms with van der Waals surface area (Å²) in [5.41, 5.74) is 3.16. The Morgan fingerprint density at radius 3 is 2.55 bits per heavy atom. The Morgan fingerprint density at radius 2 is 1.82 bits per heavy atom. The molecule has 0 atom stereocenters. The summed E-state index contributed by atoms with van der Waals surface area (Å²) in [7, 11) is -3.58. The molecule has 0 unspecified atom stereocenters. The molecule has 5 nitrogen and oxygen atoms in total. The molecule has 1 N–H and O–H groups in total. The SMILES string of the molecule is Cc1ccc(CNS(=O)(=O)c2ccc3oc(C)nc3c2)cc1. The summed E-state index contributed by atoms with van der Waals surface area (Å²) in [6.45, 7) is 3.96. The zero-order valence-corrected chi connectivity index (χ0v) is 13.1. The zero-order chi connectivity index (χ0) is 15.7. The van der Waals surface area contributed by atoms with Crippen LogP contribution in [0, 0.1) is 13.8 Å². The van der Waals surface area contributed by atoms with Crippen molar-refractivity contribution in [3.05, 3.63) is 59.5 Å². The molecule has 1 heterocycles. The molecule has 1 aromatic heterocycles. The number of aromatic nitrogens is 1. The number of aryl methyl sites for hydroxylation is 2. The van der Waals surface area contributed by atoms with Crippen molar-refractivity contribution in [1.82, 2.24) is 9.71 Å². The fourth-order valence-corrected chi connectivity index (χ4v) is 3.19. The molecule has 0 aliphatic carbocycles. The molecule has 3 rings (SSSR count). The normalized spacial score (nSPS) is 11.9. The van der Waals surface area contributed by atoms with E-state index in [1.54, 1.807) is 13.0 Å². The third-order valence-electron chi connectivity index (χ3n) is 3.36. The van der Waals surface area contributed by atoms with Gasteiger partial charge in [0.05, 0.1) is 4.90 Å². The molecule has 0 amide bonds. The van der Waals surface area contributed by atoms with E-state index in [0.29, 0.717) is 17.0 Å². The fraction of sp³-hybridized carbons (Fsp3) is 0.188. The van der Waals surface area contributed by atoms with Crippen LogP contribution in [0.25, 0.3) is 11.1 Å². The minimum absolute atomic E-state index is 0.181. The van der Waals surface area contributed by atoms with Gasteiger partial charge in [-0.05, 0) is 30.7 Å². The highest BCUT2D eigenvalue weighted by Gasteiger charge is 2.15. The maximum absolute atomic E-state index is 12.4. The lowest BCUT2D eigenvalue weighted by Gasteiger charge is -2.07. The summed E-state index contributed by atoms with van der Waals surface area (Å²) < 4.78 is 32.7. The molecule has 6 heteroatoms. The fourth-order valence-electron chi connectivity index (χ4n) is 2.16. The smallest absolute Gasteiger partial charge is 0.240 e. The van der Waals surface area contributed by atoms with Crippen molar-refractivity contribution in [1.29, 1.82) is 0 Å². The molecule has 0 aliphatic heterocycles. The largest absolute Gasteiger partial charge is 0.441 e. The van der Waals surface area contributed by atoms with Gasteiger partial charge in [0.15, 0.2) is 11.5 Å². The Bertz CT molecular complexity index is 912. The molecule has 22 heavy (non-hydrogen) atoms. The molecule has 0 spiro atoms. The standard InChI is InChI=1S/C16H16N2O3S/c1-11-3-5-13(6-4-11)10-17-22(19,20)14-7-8-16-15(9-14)18-12(2)21-16/h3-9,17H,10H2,1-2H3. The van der Waals surface area contributed by atoms with Crippen LogP contribution >= 0.6 is 0 Å². The van der Waals surface area contributed by atoms with Gasteiger partial charge in [0.25, 0.3) is 0 Å². The number of nitrogens with zero attached hydrogens (tertiary/aromatic N) is 1. The highest BCUT2D eigenvalue weighted by Crippen LogP contribution is 2.19. The molecule has 0 saturated heterocycles. The third kappa shape index (κ3) is 3.03. The quantitative estimate of drug-likeness (QED) is 0.803. The first-order chi connectivity index (χ1) is 10.4. The molecule has 0 aliphatic rings. The molecule has 0 saturated carbocycles. The number of fused-ring (bicyclic) bond motifs is 1. The Labute approximate surface area is 129 Å². The van der Waals surface area contributed by atoms with Gasteiger partial charge in [0, 0.05) is 13.5 Å². The summed E-state index contributed by atoms with van der Waals surface area (Å²) in [6, 6.07) is 12.4. The Kier molecular flexibility index (Phi) is 3.72. The third-order valence-corrected chi connectivity index (χ3v) is 4.76. The van der Waals surface area contributed by atoms with Crippen LogP contribution in [0.2, 0.25) is 0 Å². The number of rotatable bonds is 4. The first-order valence-electron chi connectivity index (χ1n) is 6.86. The highest BCUT2D eigenvalue weighted by molar-refractivity contribution is 7.89. The van der Waals surface area contributed by atoms with E-state index in [2.05, 4.69) is 9.71 Å². The van der Waals surface area contributed by atoms with Gasteiger partial charge in [-0.1, -0.05) is 29.8 Å². The van der Waals surface area contributed by atoms with Gasteiger partial charge in [-0.3, -0.25) is 0 Å². The van der Waals surface area contributed by atoms with Gasteiger partial charge in [0.2, 0.25) is 10.0 Å². The maximum atomic E-state index is 12.4. The van der Waals surface area contributed by atoms with Crippen LogP contribution in [0.1, 0.15) is 17.0 Å². The van der Waals surface area contributed by atoms with Crippen LogP contribution in [0.15, 0.2) is 51.8 Å². The lowest BCUT2D eigenvalue weighted by atomic mass is 10.2. The van der Waals surface area contributed by atoms with E-state index in [9.17, 15) is 8.42 Å². The predicted octanol–water partition coefficient (Wildman–Crippen LogP) is 2.92. The van der Waals surface area contributed by atoms with E-state index in [-0.39, 0.29) is 11.4 Å². The van der Waals surface area contributed by atoms with E-state index in [4.69, 9.17) is 4.42 Å². The van der Waals surface area contributed by atoms with Crippen molar-refractivity contribution in [2.24, 2.45) is 0 Å². The van der Waals surface area contributed by atoms with E-state index >= 15 is 0 Å². The number of nitrogens with one attached hydrogen (secondary N) is 1. The second-order valence-electron chi connectivity index (χ2n) is 5.17. The van der Waals surface area contributed by atoms with Crippen molar-refractivity contribution < 1.29 is 12.8 Å². The predicted molar refractivity (Wildman–Crippen MR) is 84.0 cm³/mol. The summed E-state index contributed by atoms with van der Waals surface area (Å²) in [5, 5.41) is 0. The van der Waals surface area contributed by atoms with Gasteiger partial charge < -0.3 is 4.42 Å². The van der Waals surface area contributed by atoms with E-state index in [0.717, 1.165) is 11.1 Å². The summed E-state index contributed by atoms with van der Waals surface area (Å²) >= 11 is 0. The summed E-state index contributed by atoms with van der Waals surface area (Å²) in [4.78, 5) is 4.34. The van der Waals surface area contributed by atoms with Crippen LogP contribution < -0.4 is 4.72 Å². The Hall–Kier alpha value is -2.18. The molecule has 0 bridgehead atoms. The summed E-state index contributed by atoms with van der Waals surface area (Å²) in [6.07, 6.45) is 0. The average Bonchev–Trinajstić information content (AvgIpc) is 2.86. The van der Waals surface area contributed by atoms with Gasteiger partial charge >= 0.3 is 0 Å². The topological polar surface area (TPSA) is 72.2 Å². The molecule has 3 aromatic rings. The number of hydrogen-bond acceptors (Lipinski definition) is 4.